The molecule has 2 fully saturated rings. The van der Waals surface area contributed by atoms with E-state index in [0.717, 1.165) is 45.4 Å². The predicted molar refractivity (Wildman–Crippen MR) is 56.6 cm³/mol. The molecule has 0 aromatic rings. The van der Waals surface area contributed by atoms with Crippen LogP contribution in [0, 0.1) is 0 Å². The number of cyclic esters (lactones) is 1. The summed E-state index contributed by atoms with van der Waals surface area (Å²) in [5.74, 6) is 0. The third-order valence-corrected chi connectivity index (χ3v) is 3.08. The third-order valence-electron chi connectivity index (χ3n) is 3.08. The van der Waals surface area contributed by atoms with Gasteiger partial charge in [-0.25, -0.2) is 4.79 Å². The van der Waals surface area contributed by atoms with Crippen molar-refractivity contribution < 1.29 is 9.53 Å². The first-order chi connectivity index (χ1) is 7.36. The molecule has 1 amide bonds. The Balaban J connectivity index is 1.85. The molecule has 5 nitrogen and oxygen atoms in total. The van der Waals surface area contributed by atoms with E-state index in [0.29, 0.717) is 12.8 Å². The SMILES string of the molecule is O=C1NCCCN(C2CCNCC2)CO1. The number of carbonyl (C=O) groups is 1. The van der Waals surface area contributed by atoms with Gasteiger partial charge in [0.2, 0.25) is 0 Å². The molecule has 0 radical (unpaired) electrons. The van der Waals surface area contributed by atoms with Gasteiger partial charge in [0, 0.05) is 19.1 Å². The second-order valence-electron chi connectivity index (χ2n) is 4.13. The molecule has 2 rings (SSSR count). The van der Waals surface area contributed by atoms with Crippen LogP contribution in [0.2, 0.25) is 0 Å². The van der Waals surface area contributed by atoms with Crippen molar-refractivity contribution >= 4 is 6.09 Å². The lowest BCUT2D eigenvalue weighted by atomic mass is 10.1. The normalized spacial score (nSPS) is 26.3. The summed E-state index contributed by atoms with van der Waals surface area (Å²) in [5.41, 5.74) is 0. The van der Waals surface area contributed by atoms with E-state index in [1.165, 1.54) is 0 Å². The van der Waals surface area contributed by atoms with Crippen LogP contribution < -0.4 is 10.6 Å². The van der Waals surface area contributed by atoms with Crippen LogP contribution in [0.15, 0.2) is 0 Å². The van der Waals surface area contributed by atoms with E-state index in [-0.39, 0.29) is 6.09 Å². The van der Waals surface area contributed by atoms with E-state index in [2.05, 4.69) is 15.5 Å². The molecule has 0 aromatic heterocycles. The molecule has 2 saturated heterocycles. The van der Waals surface area contributed by atoms with Crippen LogP contribution in [0.1, 0.15) is 19.3 Å². The van der Waals surface area contributed by atoms with Gasteiger partial charge >= 0.3 is 6.09 Å². The maximum Gasteiger partial charge on any atom is 0.408 e. The Morgan fingerprint density at radius 3 is 2.87 bits per heavy atom. The Labute approximate surface area is 90.1 Å². The second kappa shape index (κ2) is 5.32. The number of hydrogen-bond acceptors (Lipinski definition) is 4. The first kappa shape index (κ1) is 10.7. The fraction of sp³-hybridized carbons (Fsp3) is 0.900. The zero-order chi connectivity index (χ0) is 10.5. The van der Waals surface area contributed by atoms with Crippen molar-refractivity contribution in [2.75, 3.05) is 32.9 Å². The van der Waals surface area contributed by atoms with Gasteiger partial charge < -0.3 is 15.4 Å². The van der Waals surface area contributed by atoms with E-state index in [4.69, 9.17) is 4.74 Å². The molecule has 0 bridgehead atoms. The van der Waals surface area contributed by atoms with Gasteiger partial charge in [0.1, 0.15) is 6.73 Å². The van der Waals surface area contributed by atoms with E-state index in [9.17, 15) is 4.79 Å². The Bertz CT molecular complexity index is 217. The number of rotatable bonds is 1. The molecule has 0 aliphatic carbocycles. The summed E-state index contributed by atoms with van der Waals surface area (Å²) in [4.78, 5) is 13.4. The lowest BCUT2D eigenvalue weighted by Crippen LogP contribution is -2.47. The van der Waals surface area contributed by atoms with Crippen LogP contribution in [0.3, 0.4) is 0 Å². The number of carbonyl (C=O) groups excluding carboxylic acids is 1. The molecular formula is C10H19N3O2. The first-order valence-electron chi connectivity index (χ1n) is 5.71. The summed E-state index contributed by atoms with van der Waals surface area (Å²) in [5, 5.41) is 6.05. The minimum Gasteiger partial charge on any atom is -0.433 e. The molecule has 15 heavy (non-hydrogen) atoms. The molecule has 0 saturated carbocycles. The molecular weight excluding hydrogens is 194 g/mol. The molecule has 2 N–H and O–H groups in total. The summed E-state index contributed by atoms with van der Waals surface area (Å²) < 4.78 is 5.10. The molecule has 2 heterocycles. The number of nitrogens with zero attached hydrogens (tertiary/aromatic N) is 1. The van der Waals surface area contributed by atoms with Gasteiger partial charge in [-0.1, -0.05) is 0 Å². The number of ether oxygens (including phenoxy) is 1. The van der Waals surface area contributed by atoms with Crippen molar-refractivity contribution in [2.45, 2.75) is 25.3 Å². The van der Waals surface area contributed by atoms with Crippen molar-refractivity contribution in [3.63, 3.8) is 0 Å². The highest BCUT2D eigenvalue weighted by molar-refractivity contribution is 5.67. The quantitative estimate of drug-likeness (QED) is 0.650. The predicted octanol–water partition coefficient (Wildman–Crippen LogP) is 0.128. The van der Waals surface area contributed by atoms with Crippen LogP contribution in [-0.4, -0.2) is 49.9 Å². The van der Waals surface area contributed by atoms with Gasteiger partial charge in [-0.2, -0.15) is 0 Å². The molecule has 0 atom stereocenters. The lowest BCUT2D eigenvalue weighted by molar-refractivity contribution is 0.0258. The van der Waals surface area contributed by atoms with Gasteiger partial charge in [-0.3, -0.25) is 4.90 Å². The molecule has 0 unspecified atom stereocenters. The smallest absolute Gasteiger partial charge is 0.408 e. The largest absolute Gasteiger partial charge is 0.433 e. The fourth-order valence-corrected chi connectivity index (χ4v) is 2.19. The average molecular weight is 213 g/mol. The van der Waals surface area contributed by atoms with E-state index >= 15 is 0 Å². The van der Waals surface area contributed by atoms with Gasteiger partial charge in [0.05, 0.1) is 0 Å². The Morgan fingerprint density at radius 1 is 1.27 bits per heavy atom. The highest BCUT2D eigenvalue weighted by Crippen LogP contribution is 2.12. The van der Waals surface area contributed by atoms with Crippen molar-refractivity contribution in [1.82, 2.24) is 15.5 Å². The van der Waals surface area contributed by atoms with Gasteiger partial charge in [0.25, 0.3) is 0 Å². The van der Waals surface area contributed by atoms with Crippen LogP contribution in [0.4, 0.5) is 4.79 Å². The molecule has 2 aliphatic heterocycles. The standard InChI is InChI=1S/C10H19N3O2/c14-10-12-4-1-7-13(8-15-10)9-2-5-11-6-3-9/h9,11H,1-8H2,(H,12,14). The Kier molecular flexibility index (Phi) is 3.80. The second-order valence-corrected chi connectivity index (χ2v) is 4.13. The van der Waals surface area contributed by atoms with Gasteiger partial charge in [-0.15, -0.1) is 0 Å². The number of alkyl carbamates (subject to hydrolysis) is 1. The molecule has 2 aliphatic rings. The van der Waals surface area contributed by atoms with Crippen molar-refractivity contribution in [3.8, 4) is 0 Å². The summed E-state index contributed by atoms with van der Waals surface area (Å²) in [6.07, 6.45) is 3.04. The summed E-state index contributed by atoms with van der Waals surface area (Å²) in [6.45, 7) is 4.34. The fourth-order valence-electron chi connectivity index (χ4n) is 2.19. The van der Waals surface area contributed by atoms with Crippen molar-refractivity contribution in [2.24, 2.45) is 0 Å². The lowest BCUT2D eigenvalue weighted by Gasteiger charge is -2.34. The van der Waals surface area contributed by atoms with Crippen LogP contribution in [-0.2, 0) is 4.74 Å². The zero-order valence-corrected chi connectivity index (χ0v) is 9.00. The minimum absolute atomic E-state index is 0.284. The van der Waals surface area contributed by atoms with Crippen LogP contribution in [0.5, 0.6) is 0 Å². The summed E-state index contributed by atoms with van der Waals surface area (Å²) in [7, 11) is 0. The topological polar surface area (TPSA) is 53.6 Å². The first-order valence-corrected chi connectivity index (χ1v) is 5.71. The number of amides is 1. The maximum absolute atomic E-state index is 11.1. The Hall–Kier alpha value is -0.810. The third kappa shape index (κ3) is 3.07. The van der Waals surface area contributed by atoms with Crippen molar-refractivity contribution in [3.05, 3.63) is 0 Å². The summed E-state index contributed by atoms with van der Waals surface area (Å²) >= 11 is 0. The molecule has 86 valence electrons. The van der Waals surface area contributed by atoms with Crippen LogP contribution in [0.25, 0.3) is 0 Å². The number of hydrogen-bond donors (Lipinski definition) is 2. The van der Waals surface area contributed by atoms with E-state index in [1.807, 2.05) is 0 Å². The Morgan fingerprint density at radius 2 is 2.07 bits per heavy atom. The number of nitrogens with one attached hydrogen (secondary N) is 2. The average Bonchev–Trinajstić information content (AvgIpc) is 2.25. The van der Waals surface area contributed by atoms with Crippen molar-refractivity contribution in [1.29, 1.82) is 0 Å². The number of piperidine rings is 1. The molecule has 5 heteroatoms. The maximum atomic E-state index is 11.1. The summed E-state index contributed by atoms with van der Waals surface area (Å²) in [6, 6.07) is 0.581. The van der Waals surface area contributed by atoms with E-state index < -0.39 is 0 Å². The van der Waals surface area contributed by atoms with Crippen LogP contribution >= 0.6 is 0 Å². The zero-order valence-electron chi connectivity index (χ0n) is 9.00. The molecule has 0 spiro atoms. The highest BCUT2D eigenvalue weighted by atomic mass is 16.6. The van der Waals surface area contributed by atoms with Gasteiger partial charge in [0.15, 0.2) is 0 Å². The van der Waals surface area contributed by atoms with E-state index in [1.54, 1.807) is 0 Å². The minimum atomic E-state index is -0.284. The molecule has 0 aromatic carbocycles. The highest BCUT2D eigenvalue weighted by Gasteiger charge is 2.22. The monoisotopic (exact) mass is 213 g/mol. The van der Waals surface area contributed by atoms with Gasteiger partial charge in [-0.05, 0) is 32.4 Å².